The molecule has 1 N–H and O–H groups in total. The number of hydrogen-bond acceptors (Lipinski definition) is 2. The molecule has 0 radical (unpaired) electrons. The molecule has 1 fully saturated rings. The maximum Gasteiger partial charge on any atom is 0.243 e. The highest BCUT2D eigenvalue weighted by Gasteiger charge is 2.24. The van der Waals surface area contributed by atoms with E-state index in [0.29, 0.717) is 16.9 Å². The third kappa shape index (κ3) is 3.61. The molecule has 0 saturated heterocycles. The average molecular weight is 373 g/mol. The highest BCUT2D eigenvalue weighted by molar-refractivity contribution is 9.10. The molecule has 1 aliphatic carbocycles. The maximum atomic E-state index is 12.1. The van der Waals surface area contributed by atoms with Crippen molar-refractivity contribution in [2.45, 2.75) is 24.2 Å². The molecule has 0 spiro atoms. The van der Waals surface area contributed by atoms with E-state index in [4.69, 9.17) is 23.2 Å². The summed E-state index contributed by atoms with van der Waals surface area (Å²) in [7, 11) is -3.64. The SMILES string of the molecule is O=S(=O)(NCCC1CC1)c1c(Cl)cc(Br)cc1Cl. The molecule has 0 atom stereocenters. The van der Waals surface area contributed by atoms with E-state index in [1.807, 2.05) is 0 Å². The number of benzene rings is 1. The van der Waals surface area contributed by atoms with Gasteiger partial charge in [0.05, 0.1) is 10.0 Å². The third-order valence-corrected chi connectivity index (χ3v) is 5.61. The van der Waals surface area contributed by atoms with E-state index >= 15 is 0 Å². The van der Waals surface area contributed by atoms with Crippen molar-refractivity contribution in [2.75, 3.05) is 6.54 Å². The summed E-state index contributed by atoms with van der Waals surface area (Å²) < 4.78 is 27.4. The summed E-state index contributed by atoms with van der Waals surface area (Å²) >= 11 is 15.1. The van der Waals surface area contributed by atoms with E-state index in [2.05, 4.69) is 20.7 Å². The van der Waals surface area contributed by atoms with Crippen LogP contribution in [0.15, 0.2) is 21.5 Å². The lowest BCUT2D eigenvalue weighted by Crippen LogP contribution is -2.25. The van der Waals surface area contributed by atoms with Crippen LogP contribution in [0.3, 0.4) is 0 Å². The minimum atomic E-state index is -3.64. The van der Waals surface area contributed by atoms with Crippen molar-refractivity contribution in [1.82, 2.24) is 4.72 Å². The monoisotopic (exact) mass is 371 g/mol. The van der Waals surface area contributed by atoms with E-state index in [-0.39, 0.29) is 14.9 Å². The first-order chi connectivity index (χ1) is 8.40. The Morgan fingerprint density at radius 3 is 2.33 bits per heavy atom. The van der Waals surface area contributed by atoms with Gasteiger partial charge in [-0.05, 0) is 24.5 Å². The Morgan fingerprint density at radius 1 is 1.28 bits per heavy atom. The molecule has 0 unspecified atom stereocenters. The number of nitrogens with one attached hydrogen (secondary N) is 1. The van der Waals surface area contributed by atoms with Crippen molar-refractivity contribution >= 4 is 49.2 Å². The molecule has 1 aliphatic rings. The lowest BCUT2D eigenvalue weighted by atomic mass is 10.3. The van der Waals surface area contributed by atoms with E-state index in [0.717, 1.165) is 6.42 Å². The summed E-state index contributed by atoms with van der Waals surface area (Å²) in [6.45, 7) is 0.426. The topological polar surface area (TPSA) is 46.2 Å². The van der Waals surface area contributed by atoms with Crippen molar-refractivity contribution in [1.29, 1.82) is 0 Å². The molecular weight excluding hydrogens is 361 g/mol. The first kappa shape index (κ1) is 14.6. The van der Waals surface area contributed by atoms with Gasteiger partial charge in [-0.1, -0.05) is 52.0 Å². The average Bonchev–Trinajstić information content (AvgIpc) is 2.98. The summed E-state index contributed by atoms with van der Waals surface area (Å²) in [5.41, 5.74) is 0. The third-order valence-electron chi connectivity index (χ3n) is 2.77. The highest BCUT2D eigenvalue weighted by Crippen LogP contribution is 2.34. The summed E-state index contributed by atoms with van der Waals surface area (Å²) in [5.74, 6) is 0.670. The number of hydrogen-bond donors (Lipinski definition) is 1. The molecule has 0 aromatic heterocycles. The van der Waals surface area contributed by atoms with Gasteiger partial charge < -0.3 is 0 Å². The van der Waals surface area contributed by atoms with Gasteiger partial charge in [0.25, 0.3) is 0 Å². The second-order valence-corrected chi connectivity index (χ2v) is 7.76. The zero-order valence-electron chi connectivity index (χ0n) is 9.42. The van der Waals surface area contributed by atoms with Gasteiger partial charge in [-0.3, -0.25) is 0 Å². The van der Waals surface area contributed by atoms with Crippen LogP contribution in [0.2, 0.25) is 10.0 Å². The number of halogens is 3. The molecule has 1 saturated carbocycles. The Morgan fingerprint density at radius 2 is 1.83 bits per heavy atom. The minimum absolute atomic E-state index is 0.0511. The van der Waals surface area contributed by atoms with Crippen molar-refractivity contribution in [3.63, 3.8) is 0 Å². The van der Waals surface area contributed by atoms with Gasteiger partial charge in [-0.25, -0.2) is 13.1 Å². The summed E-state index contributed by atoms with van der Waals surface area (Å²) in [6, 6.07) is 3.03. The Balaban J connectivity index is 2.17. The van der Waals surface area contributed by atoms with Gasteiger partial charge in [-0.15, -0.1) is 0 Å². The molecule has 1 aromatic rings. The van der Waals surface area contributed by atoms with Gasteiger partial charge in [0.2, 0.25) is 10.0 Å². The molecule has 3 nitrogen and oxygen atoms in total. The van der Waals surface area contributed by atoms with Gasteiger partial charge in [-0.2, -0.15) is 0 Å². The van der Waals surface area contributed by atoms with Crippen LogP contribution in [0.1, 0.15) is 19.3 Å². The lowest BCUT2D eigenvalue weighted by Gasteiger charge is -2.10. The maximum absolute atomic E-state index is 12.1. The van der Waals surface area contributed by atoms with E-state index in [1.165, 1.54) is 25.0 Å². The van der Waals surface area contributed by atoms with Crippen LogP contribution in [0.4, 0.5) is 0 Å². The number of sulfonamides is 1. The van der Waals surface area contributed by atoms with Crippen LogP contribution in [0, 0.1) is 5.92 Å². The predicted molar refractivity (Wildman–Crippen MR) is 76.7 cm³/mol. The van der Waals surface area contributed by atoms with E-state index < -0.39 is 10.0 Å². The molecule has 100 valence electrons. The van der Waals surface area contributed by atoms with Crippen molar-refractivity contribution < 1.29 is 8.42 Å². The zero-order chi connectivity index (χ0) is 13.3. The first-order valence-corrected chi connectivity index (χ1v) is 8.57. The Bertz CT molecular complexity index is 535. The second-order valence-electron chi connectivity index (χ2n) is 4.33. The fourth-order valence-electron chi connectivity index (χ4n) is 1.66. The molecule has 0 heterocycles. The smallest absolute Gasteiger partial charge is 0.211 e. The quantitative estimate of drug-likeness (QED) is 0.853. The van der Waals surface area contributed by atoms with Crippen LogP contribution >= 0.6 is 39.1 Å². The fraction of sp³-hybridized carbons (Fsp3) is 0.455. The largest absolute Gasteiger partial charge is 0.243 e. The molecule has 0 bridgehead atoms. The van der Waals surface area contributed by atoms with Gasteiger partial charge >= 0.3 is 0 Å². The highest BCUT2D eigenvalue weighted by atomic mass is 79.9. The van der Waals surface area contributed by atoms with Gasteiger partial charge in [0.1, 0.15) is 4.90 Å². The van der Waals surface area contributed by atoms with E-state index in [9.17, 15) is 8.42 Å². The van der Waals surface area contributed by atoms with E-state index in [1.54, 1.807) is 0 Å². The zero-order valence-corrected chi connectivity index (χ0v) is 13.3. The molecule has 18 heavy (non-hydrogen) atoms. The van der Waals surface area contributed by atoms with Crippen molar-refractivity contribution in [2.24, 2.45) is 5.92 Å². The van der Waals surface area contributed by atoms with Crippen LogP contribution < -0.4 is 4.72 Å². The fourth-order valence-corrected chi connectivity index (χ4v) is 4.64. The van der Waals surface area contributed by atoms with Crippen LogP contribution in [-0.2, 0) is 10.0 Å². The molecular formula is C11H12BrCl2NO2S. The Kier molecular flexibility index (Phi) is 4.60. The predicted octanol–water partition coefficient (Wildman–Crippen LogP) is 3.83. The molecule has 2 rings (SSSR count). The van der Waals surface area contributed by atoms with Crippen molar-refractivity contribution in [3.8, 4) is 0 Å². The van der Waals surface area contributed by atoms with Crippen molar-refractivity contribution in [3.05, 3.63) is 26.7 Å². The second kappa shape index (κ2) is 5.67. The van der Waals surface area contributed by atoms with Crippen LogP contribution in [-0.4, -0.2) is 15.0 Å². The minimum Gasteiger partial charge on any atom is -0.211 e. The summed E-state index contributed by atoms with van der Waals surface area (Å²) in [4.78, 5) is -0.0511. The van der Waals surface area contributed by atoms with Crippen LogP contribution in [0.25, 0.3) is 0 Å². The normalized spacial score (nSPS) is 15.9. The summed E-state index contributed by atoms with van der Waals surface area (Å²) in [5, 5.41) is 0.238. The molecule has 0 amide bonds. The van der Waals surface area contributed by atoms with Crippen LogP contribution in [0.5, 0.6) is 0 Å². The summed E-state index contributed by atoms with van der Waals surface area (Å²) in [6.07, 6.45) is 3.26. The molecule has 0 aliphatic heterocycles. The standard InChI is InChI=1S/C11H12BrCl2NO2S/c12-8-5-9(13)11(10(14)6-8)18(16,17)15-4-3-7-1-2-7/h5-7,15H,1-4H2. The first-order valence-electron chi connectivity index (χ1n) is 5.54. The lowest BCUT2D eigenvalue weighted by molar-refractivity contribution is 0.575. The molecule has 1 aromatic carbocycles. The Hall–Kier alpha value is 0.190. The molecule has 7 heteroatoms. The Labute approximate surface area is 125 Å². The van der Waals surface area contributed by atoms with Gasteiger partial charge in [0, 0.05) is 11.0 Å². The van der Waals surface area contributed by atoms with Gasteiger partial charge in [0.15, 0.2) is 0 Å². The number of rotatable bonds is 5.